The monoisotopic (exact) mass is 279 g/mol. The molecule has 4 rings (SSSR count). The van der Waals surface area contributed by atoms with E-state index in [2.05, 4.69) is 34.1 Å². The molecule has 0 bridgehead atoms. The first-order valence-electron chi connectivity index (χ1n) is 7.27. The van der Waals surface area contributed by atoms with Gasteiger partial charge in [0, 0.05) is 18.8 Å². The van der Waals surface area contributed by atoms with Crippen LogP contribution in [0.15, 0.2) is 46.9 Å². The maximum atomic E-state index is 5.88. The Hall–Kier alpha value is -2.49. The number of anilines is 2. The van der Waals surface area contributed by atoms with E-state index in [4.69, 9.17) is 10.2 Å². The van der Waals surface area contributed by atoms with Gasteiger partial charge in [-0.15, -0.1) is 0 Å². The Bertz CT molecular complexity index is 767. The van der Waals surface area contributed by atoms with Gasteiger partial charge in [-0.1, -0.05) is 24.3 Å². The molecule has 1 aliphatic heterocycles. The zero-order valence-electron chi connectivity index (χ0n) is 11.7. The Morgan fingerprint density at radius 1 is 1.00 bits per heavy atom. The van der Waals surface area contributed by atoms with E-state index in [0.717, 1.165) is 37.0 Å². The van der Waals surface area contributed by atoms with Gasteiger partial charge in [0.2, 0.25) is 0 Å². The summed E-state index contributed by atoms with van der Waals surface area (Å²) in [5.41, 5.74) is 11.0. The van der Waals surface area contributed by atoms with Crippen LogP contribution in [0.2, 0.25) is 0 Å². The van der Waals surface area contributed by atoms with E-state index >= 15 is 0 Å². The summed E-state index contributed by atoms with van der Waals surface area (Å²) in [6, 6.07) is 14.9. The van der Waals surface area contributed by atoms with Gasteiger partial charge in [0.25, 0.3) is 6.01 Å². The minimum absolute atomic E-state index is 0.698. The van der Waals surface area contributed by atoms with E-state index in [1.165, 1.54) is 11.1 Å². The van der Waals surface area contributed by atoms with Crippen molar-refractivity contribution in [1.29, 1.82) is 0 Å². The zero-order valence-corrected chi connectivity index (χ0v) is 11.7. The molecular formula is C17H17N3O. The molecular weight excluding hydrogens is 262 g/mol. The minimum atomic E-state index is 0.698. The summed E-state index contributed by atoms with van der Waals surface area (Å²) < 4.78 is 5.88. The molecule has 106 valence electrons. The summed E-state index contributed by atoms with van der Waals surface area (Å²) in [5.74, 6) is 0. The molecule has 0 fully saturated rings. The van der Waals surface area contributed by atoms with Crippen LogP contribution in [0.25, 0.3) is 11.1 Å². The van der Waals surface area contributed by atoms with Crippen molar-refractivity contribution < 1.29 is 4.42 Å². The number of fused-ring (bicyclic) bond motifs is 2. The summed E-state index contributed by atoms with van der Waals surface area (Å²) in [6.07, 6.45) is 2.05. The molecule has 2 N–H and O–H groups in total. The number of hydrogen-bond donors (Lipinski definition) is 1. The van der Waals surface area contributed by atoms with Gasteiger partial charge in [-0.05, 0) is 42.2 Å². The van der Waals surface area contributed by atoms with Gasteiger partial charge in [-0.2, -0.15) is 4.98 Å². The molecule has 1 aliphatic rings. The van der Waals surface area contributed by atoms with Gasteiger partial charge in [-0.25, -0.2) is 0 Å². The summed E-state index contributed by atoms with van der Waals surface area (Å²) in [7, 11) is 0. The first kappa shape index (κ1) is 12.3. The standard InChI is InChI=1S/C17H17N3O/c18-14-5-6-16-15(11-14)19-17(21-16)20-9-7-12-3-1-2-4-13(12)8-10-20/h1-6,11H,7-10,18H2. The second-order valence-electron chi connectivity index (χ2n) is 5.48. The summed E-state index contributed by atoms with van der Waals surface area (Å²) in [5, 5.41) is 0. The number of nitrogen functional groups attached to an aromatic ring is 1. The largest absolute Gasteiger partial charge is 0.423 e. The molecule has 0 amide bonds. The predicted molar refractivity (Wildman–Crippen MR) is 84.5 cm³/mol. The topological polar surface area (TPSA) is 55.3 Å². The number of oxazole rings is 1. The predicted octanol–water partition coefficient (Wildman–Crippen LogP) is 3.02. The normalized spacial score (nSPS) is 15.0. The number of rotatable bonds is 1. The fourth-order valence-corrected chi connectivity index (χ4v) is 2.93. The van der Waals surface area contributed by atoms with Gasteiger partial charge < -0.3 is 15.1 Å². The van der Waals surface area contributed by atoms with Crippen molar-refractivity contribution in [2.45, 2.75) is 12.8 Å². The quantitative estimate of drug-likeness (QED) is 0.696. The van der Waals surface area contributed by atoms with Gasteiger partial charge in [0.1, 0.15) is 5.52 Å². The average molecular weight is 279 g/mol. The van der Waals surface area contributed by atoms with Crippen molar-refractivity contribution in [1.82, 2.24) is 4.98 Å². The Morgan fingerprint density at radius 2 is 1.71 bits per heavy atom. The van der Waals surface area contributed by atoms with Crippen molar-refractivity contribution >= 4 is 22.8 Å². The van der Waals surface area contributed by atoms with Crippen LogP contribution in [-0.2, 0) is 12.8 Å². The molecule has 0 saturated carbocycles. The summed E-state index contributed by atoms with van der Waals surface area (Å²) in [4.78, 5) is 6.80. The molecule has 3 aromatic rings. The summed E-state index contributed by atoms with van der Waals surface area (Å²) in [6.45, 7) is 1.86. The fourth-order valence-electron chi connectivity index (χ4n) is 2.93. The van der Waals surface area contributed by atoms with Gasteiger partial charge in [-0.3, -0.25) is 0 Å². The van der Waals surface area contributed by atoms with Crippen molar-refractivity contribution in [3.8, 4) is 0 Å². The lowest BCUT2D eigenvalue weighted by atomic mass is 10.0. The molecule has 4 nitrogen and oxygen atoms in total. The molecule has 0 aliphatic carbocycles. The molecule has 0 saturated heterocycles. The maximum Gasteiger partial charge on any atom is 0.298 e. The Morgan fingerprint density at radius 3 is 2.43 bits per heavy atom. The van der Waals surface area contributed by atoms with Crippen LogP contribution in [0.5, 0.6) is 0 Å². The Kier molecular flexibility index (Phi) is 2.81. The van der Waals surface area contributed by atoms with E-state index in [1.54, 1.807) is 0 Å². The lowest BCUT2D eigenvalue weighted by Gasteiger charge is -2.17. The van der Waals surface area contributed by atoms with Crippen molar-refractivity contribution in [2.24, 2.45) is 0 Å². The third-order valence-corrected chi connectivity index (χ3v) is 4.09. The van der Waals surface area contributed by atoms with E-state index in [0.29, 0.717) is 11.7 Å². The highest BCUT2D eigenvalue weighted by Gasteiger charge is 2.18. The van der Waals surface area contributed by atoms with E-state index < -0.39 is 0 Å². The van der Waals surface area contributed by atoms with E-state index in [9.17, 15) is 0 Å². The number of benzene rings is 2. The van der Waals surface area contributed by atoms with Crippen LogP contribution >= 0.6 is 0 Å². The van der Waals surface area contributed by atoms with Crippen LogP contribution in [-0.4, -0.2) is 18.1 Å². The molecule has 2 aromatic carbocycles. The van der Waals surface area contributed by atoms with Crippen LogP contribution in [0.4, 0.5) is 11.7 Å². The number of nitrogens with zero attached hydrogens (tertiary/aromatic N) is 2. The number of nitrogens with two attached hydrogens (primary N) is 1. The number of hydrogen-bond acceptors (Lipinski definition) is 4. The first-order valence-corrected chi connectivity index (χ1v) is 7.27. The van der Waals surface area contributed by atoms with E-state index in [1.807, 2.05) is 18.2 Å². The second kappa shape index (κ2) is 4.81. The lowest BCUT2D eigenvalue weighted by molar-refractivity contribution is 0.569. The first-order chi connectivity index (χ1) is 10.3. The molecule has 21 heavy (non-hydrogen) atoms. The Labute approximate surface area is 123 Å². The molecule has 4 heteroatoms. The highest BCUT2D eigenvalue weighted by Crippen LogP contribution is 2.25. The second-order valence-corrected chi connectivity index (χ2v) is 5.48. The van der Waals surface area contributed by atoms with Crippen LogP contribution in [0.1, 0.15) is 11.1 Å². The lowest BCUT2D eigenvalue weighted by Crippen LogP contribution is -2.26. The molecule has 0 unspecified atom stereocenters. The highest BCUT2D eigenvalue weighted by atomic mass is 16.4. The molecule has 0 spiro atoms. The van der Waals surface area contributed by atoms with Gasteiger partial charge in [0.15, 0.2) is 5.58 Å². The smallest absolute Gasteiger partial charge is 0.298 e. The SMILES string of the molecule is Nc1ccc2oc(N3CCc4ccccc4CC3)nc2c1. The zero-order chi connectivity index (χ0) is 14.2. The van der Waals surface area contributed by atoms with Gasteiger partial charge in [0.05, 0.1) is 0 Å². The van der Waals surface area contributed by atoms with Crippen molar-refractivity contribution in [3.63, 3.8) is 0 Å². The van der Waals surface area contributed by atoms with Crippen LogP contribution in [0, 0.1) is 0 Å². The average Bonchev–Trinajstić information content (AvgIpc) is 2.78. The van der Waals surface area contributed by atoms with Crippen LogP contribution < -0.4 is 10.6 Å². The maximum absolute atomic E-state index is 5.88. The third kappa shape index (κ3) is 2.23. The summed E-state index contributed by atoms with van der Waals surface area (Å²) >= 11 is 0. The fraction of sp³-hybridized carbons (Fsp3) is 0.235. The van der Waals surface area contributed by atoms with Crippen molar-refractivity contribution in [3.05, 3.63) is 53.6 Å². The van der Waals surface area contributed by atoms with Crippen molar-refractivity contribution in [2.75, 3.05) is 23.7 Å². The van der Waals surface area contributed by atoms with Crippen LogP contribution in [0.3, 0.4) is 0 Å². The Balaban J connectivity index is 1.64. The number of aromatic nitrogens is 1. The molecule has 1 aromatic heterocycles. The highest BCUT2D eigenvalue weighted by molar-refractivity contribution is 5.78. The van der Waals surface area contributed by atoms with E-state index in [-0.39, 0.29) is 0 Å². The third-order valence-electron chi connectivity index (χ3n) is 4.09. The minimum Gasteiger partial charge on any atom is -0.423 e. The molecule has 0 radical (unpaired) electrons. The molecule has 2 heterocycles. The molecule has 0 atom stereocenters. The van der Waals surface area contributed by atoms with Gasteiger partial charge >= 0.3 is 0 Å².